The normalized spacial score (nSPS) is 11.4. The van der Waals surface area contributed by atoms with Crippen molar-refractivity contribution in [1.29, 1.82) is 0 Å². The van der Waals surface area contributed by atoms with E-state index >= 15 is 0 Å². The van der Waals surface area contributed by atoms with Crippen LogP contribution in [0.3, 0.4) is 0 Å². The van der Waals surface area contributed by atoms with E-state index in [1.165, 1.54) is 6.92 Å². The number of carbonyl (C=O) groups excluding carboxylic acids is 1. The molecule has 0 bridgehead atoms. The third kappa shape index (κ3) is 4.57. The molecule has 0 aliphatic carbocycles. The fourth-order valence-corrected chi connectivity index (χ4v) is 4.64. The molecular formula is C21H22BrN3O4S. The summed E-state index contributed by atoms with van der Waals surface area (Å²) in [5.74, 6) is -0.106. The highest BCUT2D eigenvalue weighted by Gasteiger charge is 2.22. The third-order valence-corrected chi connectivity index (χ3v) is 6.98. The molecule has 2 N–H and O–H groups in total. The SMILES string of the molecule is CCc1noc(NC(C)=O)c1-c1ccc(C)c(S(=O)(=O)Nc2ccc(Br)c(C)c2)c1. The third-order valence-electron chi connectivity index (χ3n) is 4.56. The van der Waals surface area contributed by atoms with Gasteiger partial charge in [-0.3, -0.25) is 14.8 Å². The van der Waals surface area contributed by atoms with Crippen LogP contribution in [-0.4, -0.2) is 19.5 Å². The molecule has 0 saturated heterocycles. The van der Waals surface area contributed by atoms with Crippen molar-refractivity contribution < 1.29 is 17.7 Å². The van der Waals surface area contributed by atoms with Crippen molar-refractivity contribution in [1.82, 2.24) is 5.16 Å². The summed E-state index contributed by atoms with van der Waals surface area (Å²) in [6.07, 6.45) is 0.560. The number of rotatable bonds is 6. The van der Waals surface area contributed by atoms with Gasteiger partial charge in [0, 0.05) is 17.1 Å². The summed E-state index contributed by atoms with van der Waals surface area (Å²) >= 11 is 3.41. The fourth-order valence-electron chi connectivity index (χ4n) is 3.07. The number of sulfonamides is 1. The van der Waals surface area contributed by atoms with E-state index in [1.807, 2.05) is 13.8 Å². The quantitative estimate of drug-likeness (QED) is 0.502. The molecule has 0 unspecified atom stereocenters. The Morgan fingerprint density at radius 3 is 2.50 bits per heavy atom. The van der Waals surface area contributed by atoms with Crippen molar-refractivity contribution in [2.24, 2.45) is 0 Å². The van der Waals surface area contributed by atoms with Gasteiger partial charge >= 0.3 is 0 Å². The van der Waals surface area contributed by atoms with Crippen molar-refractivity contribution in [2.45, 2.75) is 39.0 Å². The van der Waals surface area contributed by atoms with Crippen LogP contribution in [0.15, 0.2) is 50.3 Å². The van der Waals surface area contributed by atoms with Gasteiger partial charge in [0.25, 0.3) is 10.0 Å². The molecule has 0 spiro atoms. The summed E-state index contributed by atoms with van der Waals surface area (Å²) in [5, 5.41) is 6.62. The topological polar surface area (TPSA) is 101 Å². The minimum Gasteiger partial charge on any atom is -0.337 e. The molecule has 3 aromatic rings. The molecule has 7 nitrogen and oxygen atoms in total. The zero-order valence-electron chi connectivity index (χ0n) is 17.0. The van der Waals surface area contributed by atoms with Gasteiger partial charge in [-0.25, -0.2) is 8.42 Å². The average molecular weight is 492 g/mol. The molecule has 0 atom stereocenters. The Hall–Kier alpha value is -2.65. The second kappa shape index (κ2) is 8.61. The number of nitrogens with one attached hydrogen (secondary N) is 2. The monoisotopic (exact) mass is 491 g/mol. The van der Waals surface area contributed by atoms with Gasteiger partial charge in [0.05, 0.1) is 16.2 Å². The highest BCUT2D eigenvalue weighted by Crippen LogP contribution is 2.35. The van der Waals surface area contributed by atoms with Gasteiger partial charge in [0.15, 0.2) is 0 Å². The molecule has 0 saturated carbocycles. The van der Waals surface area contributed by atoms with Crippen LogP contribution in [0.4, 0.5) is 11.6 Å². The van der Waals surface area contributed by atoms with Crippen molar-refractivity contribution in [2.75, 3.05) is 10.0 Å². The predicted octanol–water partition coefficient (Wildman–Crippen LogP) is 5.04. The Labute approximate surface area is 184 Å². The van der Waals surface area contributed by atoms with Gasteiger partial charge in [-0.15, -0.1) is 0 Å². The molecule has 0 fully saturated rings. The maximum atomic E-state index is 13.1. The Balaban J connectivity index is 2.06. The van der Waals surface area contributed by atoms with E-state index in [1.54, 1.807) is 43.3 Å². The lowest BCUT2D eigenvalue weighted by atomic mass is 10.0. The Morgan fingerprint density at radius 2 is 1.87 bits per heavy atom. The molecule has 2 aromatic carbocycles. The summed E-state index contributed by atoms with van der Waals surface area (Å²) in [6, 6.07) is 10.3. The molecule has 1 aromatic heterocycles. The van der Waals surface area contributed by atoms with E-state index in [-0.39, 0.29) is 16.7 Å². The Kier molecular flexibility index (Phi) is 6.33. The first-order valence-electron chi connectivity index (χ1n) is 9.28. The van der Waals surface area contributed by atoms with Crippen molar-refractivity contribution in [3.05, 3.63) is 57.7 Å². The van der Waals surface area contributed by atoms with Crippen LogP contribution in [0.2, 0.25) is 0 Å². The number of benzene rings is 2. The van der Waals surface area contributed by atoms with E-state index in [0.717, 1.165) is 10.0 Å². The number of nitrogens with zero attached hydrogens (tertiary/aromatic N) is 1. The number of aromatic nitrogens is 1. The predicted molar refractivity (Wildman–Crippen MR) is 120 cm³/mol. The summed E-state index contributed by atoms with van der Waals surface area (Å²) in [4.78, 5) is 11.7. The lowest BCUT2D eigenvalue weighted by molar-refractivity contribution is -0.114. The van der Waals surface area contributed by atoms with Gasteiger partial charge in [-0.1, -0.05) is 40.1 Å². The highest BCUT2D eigenvalue weighted by molar-refractivity contribution is 9.10. The molecule has 0 radical (unpaired) electrons. The molecule has 0 aliphatic rings. The molecule has 30 heavy (non-hydrogen) atoms. The number of amides is 1. The molecule has 1 amide bonds. The zero-order valence-corrected chi connectivity index (χ0v) is 19.4. The second-order valence-electron chi connectivity index (χ2n) is 6.92. The Bertz CT molecular complexity index is 1220. The van der Waals surface area contributed by atoms with Gasteiger partial charge in [-0.05, 0) is 61.2 Å². The number of halogens is 1. The van der Waals surface area contributed by atoms with Crippen LogP contribution < -0.4 is 10.0 Å². The summed E-state index contributed by atoms with van der Waals surface area (Å²) in [5.41, 5.74) is 3.77. The highest BCUT2D eigenvalue weighted by atomic mass is 79.9. The molecule has 158 valence electrons. The van der Waals surface area contributed by atoms with Crippen LogP contribution >= 0.6 is 15.9 Å². The fraction of sp³-hybridized carbons (Fsp3) is 0.238. The summed E-state index contributed by atoms with van der Waals surface area (Å²) in [7, 11) is -3.85. The van der Waals surface area contributed by atoms with Crippen LogP contribution in [0.5, 0.6) is 0 Å². The number of hydrogen-bond donors (Lipinski definition) is 2. The van der Waals surface area contributed by atoms with Crippen LogP contribution in [-0.2, 0) is 21.2 Å². The van der Waals surface area contributed by atoms with E-state index in [0.29, 0.717) is 34.5 Å². The smallest absolute Gasteiger partial charge is 0.262 e. The van der Waals surface area contributed by atoms with Gasteiger partial charge < -0.3 is 4.52 Å². The largest absolute Gasteiger partial charge is 0.337 e. The summed E-state index contributed by atoms with van der Waals surface area (Å²) < 4.78 is 35.1. The van der Waals surface area contributed by atoms with Crippen molar-refractivity contribution >= 4 is 43.4 Å². The Morgan fingerprint density at radius 1 is 1.13 bits per heavy atom. The minimum atomic E-state index is -3.85. The number of anilines is 2. The minimum absolute atomic E-state index is 0.137. The number of aryl methyl sites for hydroxylation is 3. The van der Waals surface area contributed by atoms with E-state index in [4.69, 9.17) is 4.52 Å². The van der Waals surface area contributed by atoms with E-state index in [9.17, 15) is 13.2 Å². The number of hydrogen-bond acceptors (Lipinski definition) is 5. The van der Waals surface area contributed by atoms with Gasteiger partial charge in [-0.2, -0.15) is 0 Å². The lowest BCUT2D eigenvalue weighted by Crippen LogP contribution is -2.14. The summed E-state index contributed by atoms with van der Waals surface area (Å²) in [6.45, 7) is 6.89. The molecule has 1 heterocycles. The second-order valence-corrected chi connectivity index (χ2v) is 9.42. The first-order chi connectivity index (χ1) is 14.1. The van der Waals surface area contributed by atoms with Gasteiger partial charge in [0.2, 0.25) is 11.8 Å². The van der Waals surface area contributed by atoms with Crippen LogP contribution in [0.1, 0.15) is 30.7 Å². The van der Waals surface area contributed by atoms with E-state index < -0.39 is 10.0 Å². The standard InChI is InChI=1S/C21H22BrN3O4S/c1-5-18-20(21(29-24-18)23-14(4)26)15-7-6-12(2)19(11-15)30(27,28)25-16-8-9-17(22)13(3)10-16/h6-11,25H,5H2,1-4H3,(H,23,26). The lowest BCUT2D eigenvalue weighted by Gasteiger charge is -2.13. The maximum absolute atomic E-state index is 13.1. The van der Waals surface area contributed by atoms with Gasteiger partial charge in [0.1, 0.15) is 0 Å². The van der Waals surface area contributed by atoms with E-state index in [2.05, 4.69) is 31.1 Å². The van der Waals surface area contributed by atoms with Crippen molar-refractivity contribution in [3.8, 4) is 11.1 Å². The first-order valence-corrected chi connectivity index (χ1v) is 11.6. The first kappa shape index (κ1) is 22.0. The number of carbonyl (C=O) groups is 1. The molecule has 3 rings (SSSR count). The van der Waals surface area contributed by atoms with Crippen LogP contribution in [0.25, 0.3) is 11.1 Å². The molecule has 9 heteroatoms. The zero-order chi connectivity index (χ0) is 22.1. The van der Waals surface area contributed by atoms with Crippen molar-refractivity contribution in [3.63, 3.8) is 0 Å². The molecular weight excluding hydrogens is 470 g/mol. The average Bonchev–Trinajstić information content (AvgIpc) is 3.06. The molecule has 0 aliphatic heterocycles. The van der Waals surface area contributed by atoms with Crippen LogP contribution in [0, 0.1) is 13.8 Å². The maximum Gasteiger partial charge on any atom is 0.262 e.